The number of ether oxygens (including phenoxy) is 1. The van der Waals surface area contributed by atoms with Crippen LogP contribution in [0.2, 0.25) is 0 Å². The molecule has 0 spiro atoms. The molecule has 0 radical (unpaired) electrons. The highest BCUT2D eigenvalue weighted by Crippen LogP contribution is 2.25. The number of aromatic nitrogens is 2. The Kier molecular flexibility index (Phi) is 5.34. The molecule has 1 saturated heterocycles. The van der Waals surface area contributed by atoms with E-state index in [2.05, 4.69) is 15.0 Å². The Labute approximate surface area is 177 Å². The molecule has 1 aromatic carbocycles. The van der Waals surface area contributed by atoms with Gasteiger partial charge in [0, 0.05) is 12.4 Å². The number of pyridine rings is 1. The molecule has 0 bridgehead atoms. The molecular formula is C22H22F2N4O3. The van der Waals surface area contributed by atoms with Crippen LogP contribution in [0, 0.1) is 6.92 Å². The minimum atomic E-state index is -2.88. The standard InChI is InChI=1S/C22H22F2N4O3/c1-14-3-8-18-25-16(12-27(18)11-14)13-28-19(29)22(2,26-21(28)30)10-9-15-4-6-17(7-5-15)31-20(23)24/h3-8,11-12,20H,9-10,13H2,1-2H3,(H,26,30). The molecule has 3 aromatic rings. The number of fused-ring (bicyclic) bond motifs is 1. The van der Waals surface area contributed by atoms with Crippen molar-refractivity contribution in [2.24, 2.45) is 0 Å². The normalized spacial score (nSPS) is 18.8. The summed E-state index contributed by atoms with van der Waals surface area (Å²) in [6, 6.07) is 9.61. The third-order valence-corrected chi connectivity index (χ3v) is 5.38. The third-order valence-electron chi connectivity index (χ3n) is 5.38. The number of alkyl halides is 2. The van der Waals surface area contributed by atoms with Crippen molar-refractivity contribution in [3.63, 3.8) is 0 Å². The van der Waals surface area contributed by atoms with E-state index in [9.17, 15) is 18.4 Å². The van der Waals surface area contributed by atoms with Crippen molar-refractivity contribution in [3.05, 3.63) is 65.6 Å². The predicted molar refractivity (Wildman–Crippen MR) is 109 cm³/mol. The summed E-state index contributed by atoms with van der Waals surface area (Å²) < 4.78 is 30.7. The van der Waals surface area contributed by atoms with Gasteiger partial charge in [-0.25, -0.2) is 9.78 Å². The Morgan fingerprint density at radius 1 is 1.13 bits per heavy atom. The summed E-state index contributed by atoms with van der Waals surface area (Å²) in [5.74, 6) is -0.243. The van der Waals surface area contributed by atoms with E-state index in [0.717, 1.165) is 16.8 Å². The van der Waals surface area contributed by atoms with Crippen molar-refractivity contribution in [3.8, 4) is 5.75 Å². The number of carbonyl (C=O) groups excluding carboxylic acids is 2. The number of imide groups is 1. The molecule has 3 heterocycles. The van der Waals surface area contributed by atoms with Crippen LogP contribution in [0.4, 0.5) is 13.6 Å². The van der Waals surface area contributed by atoms with E-state index in [4.69, 9.17) is 0 Å². The molecule has 9 heteroatoms. The lowest BCUT2D eigenvalue weighted by Crippen LogP contribution is -2.44. The number of hydrogen-bond acceptors (Lipinski definition) is 4. The van der Waals surface area contributed by atoms with E-state index < -0.39 is 18.2 Å². The molecule has 0 aliphatic carbocycles. The molecule has 1 fully saturated rings. The van der Waals surface area contributed by atoms with Gasteiger partial charge >= 0.3 is 12.6 Å². The summed E-state index contributed by atoms with van der Waals surface area (Å²) >= 11 is 0. The molecular weight excluding hydrogens is 406 g/mol. The van der Waals surface area contributed by atoms with Crippen LogP contribution in [0.5, 0.6) is 5.75 Å². The van der Waals surface area contributed by atoms with Crippen LogP contribution < -0.4 is 10.1 Å². The maximum atomic E-state index is 13.0. The van der Waals surface area contributed by atoms with Gasteiger partial charge in [-0.3, -0.25) is 9.69 Å². The molecule has 4 rings (SSSR count). The molecule has 3 amide bonds. The van der Waals surface area contributed by atoms with E-state index in [0.29, 0.717) is 18.5 Å². The zero-order valence-electron chi connectivity index (χ0n) is 17.1. The van der Waals surface area contributed by atoms with Gasteiger partial charge in [-0.15, -0.1) is 0 Å². The number of benzene rings is 1. The molecule has 0 saturated carbocycles. The lowest BCUT2D eigenvalue weighted by atomic mass is 9.93. The average molecular weight is 428 g/mol. The summed E-state index contributed by atoms with van der Waals surface area (Å²) in [4.78, 5) is 31.2. The zero-order valence-corrected chi connectivity index (χ0v) is 17.1. The second-order valence-electron chi connectivity index (χ2n) is 7.88. The van der Waals surface area contributed by atoms with E-state index in [1.807, 2.05) is 35.9 Å². The predicted octanol–water partition coefficient (Wildman–Crippen LogP) is 3.69. The van der Waals surface area contributed by atoms with Gasteiger partial charge in [-0.1, -0.05) is 18.2 Å². The van der Waals surface area contributed by atoms with Gasteiger partial charge in [0.05, 0.1) is 12.2 Å². The molecule has 1 aliphatic rings. The molecule has 2 aromatic heterocycles. The summed E-state index contributed by atoms with van der Waals surface area (Å²) in [7, 11) is 0. The Hall–Kier alpha value is -3.49. The van der Waals surface area contributed by atoms with Crippen LogP contribution in [0.15, 0.2) is 48.8 Å². The quantitative estimate of drug-likeness (QED) is 0.583. The van der Waals surface area contributed by atoms with Crippen molar-refractivity contribution >= 4 is 17.6 Å². The van der Waals surface area contributed by atoms with Gasteiger partial charge in [0.1, 0.15) is 16.9 Å². The third kappa shape index (κ3) is 4.35. The lowest BCUT2D eigenvalue weighted by molar-refractivity contribution is -0.131. The summed E-state index contributed by atoms with van der Waals surface area (Å²) in [5, 5.41) is 2.78. The molecule has 31 heavy (non-hydrogen) atoms. The molecule has 162 valence electrons. The van der Waals surface area contributed by atoms with E-state index in [-0.39, 0.29) is 18.2 Å². The van der Waals surface area contributed by atoms with Gasteiger partial charge in [0.15, 0.2) is 0 Å². The number of aryl methyl sites for hydroxylation is 2. The molecule has 7 nitrogen and oxygen atoms in total. The van der Waals surface area contributed by atoms with Crippen LogP contribution in [0.3, 0.4) is 0 Å². The minimum absolute atomic E-state index is 0.0732. The van der Waals surface area contributed by atoms with E-state index in [1.165, 1.54) is 17.0 Å². The number of carbonyl (C=O) groups is 2. The second-order valence-corrected chi connectivity index (χ2v) is 7.88. The zero-order chi connectivity index (χ0) is 22.2. The number of urea groups is 1. The van der Waals surface area contributed by atoms with Gasteiger partial charge in [0.25, 0.3) is 5.91 Å². The van der Waals surface area contributed by atoms with Crippen molar-refractivity contribution in [1.82, 2.24) is 19.6 Å². The Morgan fingerprint density at radius 3 is 2.58 bits per heavy atom. The van der Waals surface area contributed by atoms with Gasteiger partial charge in [-0.2, -0.15) is 8.78 Å². The Bertz CT molecular complexity index is 1130. The van der Waals surface area contributed by atoms with Crippen LogP contribution in [-0.4, -0.2) is 38.4 Å². The van der Waals surface area contributed by atoms with Gasteiger partial charge in [0.2, 0.25) is 0 Å². The SMILES string of the molecule is Cc1ccc2nc(CN3C(=O)NC(C)(CCc4ccc(OC(F)F)cc4)C3=O)cn2c1. The number of imidazole rings is 1. The topological polar surface area (TPSA) is 75.9 Å². The second kappa shape index (κ2) is 7.98. The van der Waals surface area contributed by atoms with Crippen molar-refractivity contribution < 1.29 is 23.1 Å². The molecule has 1 unspecified atom stereocenters. The van der Waals surface area contributed by atoms with E-state index >= 15 is 0 Å². The Morgan fingerprint density at radius 2 is 1.87 bits per heavy atom. The number of hydrogen-bond donors (Lipinski definition) is 1. The number of nitrogens with zero attached hydrogens (tertiary/aromatic N) is 3. The van der Waals surface area contributed by atoms with Crippen LogP contribution in [0.1, 0.15) is 30.2 Å². The van der Waals surface area contributed by atoms with Gasteiger partial charge < -0.3 is 14.5 Å². The van der Waals surface area contributed by atoms with Crippen LogP contribution in [0.25, 0.3) is 5.65 Å². The number of amides is 3. The largest absolute Gasteiger partial charge is 0.435 e. The van der Waals surface area contributed by atoms with Gasteiger partial charge in [-0.05, 0) is 56.0 Å². The minimum Gasteiger partial charge on any atom is -0.435 e. The fraction of sp³-hybridized carbons (Fsp3) is 0.318. The first kappa shape index (κ1) is 20.8. The summed E-state index contributed by atoms with van der Waals surface area (Å²) in [5.41, 5.74) is 2.24. The fourth-order valence-corrected chi connectivity index (χ4v) is 3.69. The van der Waals surface area contributed by atoms with Crippen molar-refractivity contribution in [1.29, 1.82) is 0 Å². The number of nitrogens with one attached hydrogen (secondary N) is 1. The molecule has 1 N–H and O–H groups in total. The fourth-order valence-electron chi connectivity index (χ4n) is 3.69. The lowest BCUT2D eigenvalue weighted by Gasteiger charge is -2.21. The van der Waals surface area contributed by atoms with E-state index in [1.54, 1.807) is 19.1 Å². The number of halogens is 2. The average Bonchev–Trinajstić information content (AvgIpc) is 3.20. The highest BCUT2D eigenvalue weighted by atomic mass is 19.3. The molecule has 1 atom stereocenters. The Balaban J connectivity index is 1.42. The highest BCUT2D eigenvalue weighted by molar-refractivity contribution is 6.06. The van der Waals surface area contributed by atoms with Crippen LogP contribution >= 0.6 is 0 Å². The first-order valence-corrected chi connectivity index (χ1v) is 9.86. The summed E-state index contributed by atoms with van der Waals surface area (Å²) in [6.07, 6.45) is 4.59. The highest BCUT2D eigenvalue weighted by Gasteiger charge is 2.47. The first-order valence-electron chi connectivity index (χ1n) is 9.86. The van der Waals surface area contributed by atoms with Crippen LogP contribution in [-0.2, 0) is 17.8 Å². The van der Waals surface area contributed by atoms with Crippen molar-refractivity contribution in [2.75, 3.05) is 0 Å². The van der Waals surface area contributed by atoms with Crippen molar-refractivity contribution in [2.45, 2.75) is 45.4 Å². The maximum Gasteiger partial charge on any atom is 0.387 e. The number of rotatable bonds is 7. The first-order chi connectivity index (χ1) is 14.7. The molecule has 1 aliphatic heterocycles. The smallest absolute Gasteiger partial charge is 0.387 e. The maximum absolute atomic E-state index is 13.0. The summed E-state index contributed by atoms with van der Waals surface area (Å²) in [6.45, 7) is 0.871. The monoisotopic (exact) mass is 428 g/mol.